The van der Waals surface area contributed by atoms with Crippen LogP contribution in [-0.2, 0) is 17.9 Å². The third-order valence-electron chi connectivity index (χ3n) is 5.79. The maximum atomic E-state index is 13.0. The van der Waals surface area contributed by atoms with Crippen LogP contribution in [0.4, 0.5) is 0 Å². The van der Waals surface area contributed by atoms with Crippen molar-refractivity contribution in [1.29, 1.82) is 0 Å². The van der Waals surface area contributed by atoms with Gasteiger partial charge in [0.2, 0.25) is 5.91 Å². The molecule has 0 aliphatic carbocycles. The van der Waals surface area contributed by atoms with Crippen LogP contribution in [0.3, 0.4) is 0 Å². The summed E-state index contributed by atoms with van der Waals surface area (Å²) in [6.07, 6.45) is 8.49. The molecule has 0 bridgehead atoms. The van der Waals surface area contributed by atoms with E-state index in [0.29, 0.717) is 13.1 Å². The zero-order valence-corrected chi connectivity index (χ0v) is 19.7. The maximum Gasteiger partial charge on any atom is 0.244 e. The summed E-state index contributed by atoms with van der Waals surface area (Å²) >= 11 is 0. The summed E-state index contributed by atoms with van der Waals surface area (Å²) in [5, 5.41) is 12.1. The molecular weight excluding hydrogens is 448 g/mol. The van der Waals surface area contributed by atoms with Crippen molar-refractivity contribution in [1.82, 2.24) is 29.9 Å². The van der Waals surface area contributed by atoms with Crippen molar-refractivity contribution in [3.63, 3.8) is 0 Å². The number of carbonyl (C=O) groups excluding carboxylic acids is 1. The van der Waals surface area contributed by atoms with E-state index in [1.807, 2.05) is 95.8 Å². The zero-order valence-electron chi connectivity index (χ0n) is 19.7. The van der Waals surface area contributed by atoms with E-state index in [0.717, 1.165) is 27.9 Å². The van der Waals surface area contributed by atoms with Crippen LogP contribution in [0, 0.1) is 0 Å². The smallest absolute Gasteiger partial charge is 0.244 e. The molecule has 7 nitrogen and oxygen atoms in total. The second-order valence-corrected chi connectivity index (χ2v) is 8.40. The molecule has 5 rings (SSSR count). The van der Waals surface area contributed by atoms with Crippen molar-refractivity contribution < 1.29 is 4.79 Å². The molecule has 1 atom stereocenters. The number of carbonyl (C=O) groups is 1. The number of nitrogens with zero attached hydrogens (tertiary/aromatic N) is 5. The SMILES string of the molecule is O=C(/C=C/c1cn(Cc2ccccc2)nc1-c1ccccc1)NC(Cn1cncn1)c1ccccc1. The predicted octanol–water partition coefficient (Wildman–Crippen LogP) is 4.76. The predicted molar refractivity (Wildman–Crippen MR) is 140 cm³/mol. The fourth-order valence-corrected chi connectivity index (χ4v) is 4.05. The largest absolute Gasteiger partial charge is 0.344 e. The maximum absolute atomic E-state index is 13.0. The van der Waals surface area contributed by atoms with Gasteiger partial charge in [-0.3, -0.25) is 14.2 Å². The fourth-order valence-electron chi connectivity index (χ4n) is 4.05. The number of rotatable bonds is 9. The van der Waals surface area contributed by atoms with Gasteiger partial charge in [0, 0.05) is 23.4 Å². The van der Waals surface area contributed by atoms with Gasteiger partial charge >= 0.3 is 0 Å². The minimum atomic E-state index is -0.251. The van der Waals surface area contributed by atoms with Crippen LogP contribution in [0.15, 0.2) is 116 Å². The minimum absolute atomic E-state index is 0.196. The highest BCUT2D eigenvalue weighted by Crippen LogP contribution is 2.24. The Morgan fingerprint density at radius 3 is 2.28 bits per heavy atom. The normalized spacial score (nSPS) is 12.0. The van der Waals surface area contributed by atoms with Gasteiger partial charge in [-0.15, -0.1) is 0 Å². The van der Waals surface area contributed by atoms with E-state index in [2.05, 4.69) is 27.5 Å². The number of nitrogens with one attached hydrogen (secondary N) is 1. The fraction of sp³-hybridized carbons (Fsp3) is 0.103. The van der Waals surface area contributed by atoms with E-state index in [1.165, 1.54) is 6.33 Å². The standard InChI is InChI=1S/C29H26N6O/c36-28(32-27(20-35-22-30-21-31-35)24-12-6-2-7-13-24)17-16-26-19-34(18-23-10-4-1-5-11-23)33-29(26)25-14-8-3-9-15-25/h1-17,19,21-22,27H,18,20H2,(H,32,36)/b17-16+. The average Bonchev–Trinajstić information content (AvgIpc) is 3.59. The lowest BCUT2D eigenvalue weighted by Gasteiger charge is -2.18. The first-order valence-corrected chi connectivity index (χ1v) is 11.8. The Kier molecular flexibility index (Phi) is 7.09. The molecule has 0 spiro atoms. The van der Waals surface area contributed by atoms with Gasteiger partial charge in [0.1, 0.15) is 12.7 Å². The lowest BCUT2D eigenvalue weighted by atomic mass is 10.1. The molecule has 178 valence electrons. The molecule has 0 aliphatic rings. The first-order chi connectivity index (χ1) is 17.7. The zero-order chi connectivity index (χ0) is 24.6. The van der Waals surface area contributed by atoms with E-state index in [-0.39, 0.29) is 11.9 Å². The molecule has 0 saturated heterocycles. The van der Waals surface area contributed by atoms with Crippen molar-refractivity contribution in [3.8, 4) is 11.3 Å². The topological polar surface area (TPSA) is 77.6 Å². The Morgan fingerprint density at radius 2 is 1.58 bits per heavy atom. The monoisotopic (exact) mass is 474 g/mol. The van der Waals surface area contributed by atoms with E-state index >= 15 is 0 Å². The van der Waals surface area contributed by atoms with E-state index in [9.17, 15) is 4.79 Å². The van der Waals surface area contributed by atoms with Crippen LogP contribution in [0.2, 0.25) is 0 Å². The highest BCUT2D eigenvalue weighted by atomic mass is 16.1. The molecule has 1 amide bonds. The first-order valence-electron chi connectivity index (χ1n) is 11.8. The molecule has 2 aromatic heterocycles. The van der Waals surface area contributed by atoms with Gasteiger partial charge in [0.15, 0.2) is 0 Å². The first kappa shape index (κ1) is 23.0. The summed E-state index contributed by atoms with van der Waals surface area (Å²) in [6, 6.07) is 29.8. The summed E-state index contributed by atoms with van der Waals surface area (Å²) in [5.74, 6) is -0.196. The average molecular weight is 475 g/mol. The highest BCUT2D eigenvalue weighted by Gasteiger charge is 2.15. The molecule has 0 saturated carbocycles. The third-order valence-corrected chi connectivity index (χ3v) is 5.79. The van der Waals surface area contributed by atoms with Gasteiger partial charge in [-0.1, -0.05) is 91.0 Å². The van der Waals surface area contributed by atoms with Crippen molar-refractivity contribution in [2.24, 2.45) is 0 Å². The lowest BCUT2D eigenvalue weighted by Crippen LogP contribution is -2.30. The van der Waals surface area contributed by atoms with Crippen LogP contribution < -0.4 is 5.32 Å². The molecule has 0 fully saturated rings. The number of amides is 1. The van der Waals surface area contributed by atoms with Crippen LogP contribution >= 0.6 is 0 Å². The molecule has 1 unspecified atom stereocenters. The Labute approximate surface area is 209 Å². The van der Waals surface area contributed by atoms with Crippen molar-refractivity contribution in [2.45, 2.75) is 19.1 Å². The summed E-state index contributed by atoms with van der Waals surface area (Å²) in [6.45, 7) is 1.13. The third kappa shape index (κ3) is 5.82. The van der Waals surface area contributed by atoms with Crippen LogP contribution in [0.1, 0.15) is 22.7 Å². The quantitative estimate of drug-likeness (QED) is 0.313. The summed E-state index contributed by atoms with van der Waals surface area (Å²) < 4.78 is 3.62. The molecular formula is C29H26N6O. The molecule has 1 N–H and O–H groups in total. The summed E-state index contributed by atoms with van der Waals surface area (Å²) in [7, 11) is 0. The van der Waals surface area contributed by atoms with Gasteiger partial charge in [-0.25, -0.2) is 4.98 Å². The van der Waals surface area contributed by atoms with Crippen LogP contribution in [-0.4, -0.2) is 30.5 Å². The Balaban J connectivity index is 1.38. The minimum Gasteiger partial charge on any atom is -0.344 e. The molecule has 36 heavy (non-hydrogen) atoms. The van der Waals surface area contributed by atoms with Gasteiger partial charge in [-0.2, -0.15) is 10.2 Å². The van der Waals surface area contributed by atoms with Crippen LogP contribution in [0.5, 0.6) is 0 Å². The number of benzene rings is 3. The second kappa shape index (κ2) is 11.1. The molecule has 0 aliphatic heterocycles. The number of aromatic nitrogens is 5. The van der Waals surface area contributed by atoms with E-state index in [1.54, 1.807) is 17.1 Å². The molecule has 5 aromatic rings. The Morgan fingerprint density at radius 1 is 0.889 bits per heavy atom. The van der Waals surface area contributed by atoms with Crippen LogP contribution in [0.25, 0.3) is 17.3 Å². The Bertz CT molecular complexity index is 1410. The van der Waals surface area contributed by atoms with Gasteiger partial charge < -0.3 is 5.32 Å². The molecule has 7 heteroatoms. The molecule has 3 aromatic carbocycles. The van der Waals surface area contributed by atoms with Gasteiger partial charge in [-0.05, 0) is 17.2 Å². The summed E-state index contributed by atoms with van der Waals surface area (Å²) in [4.78, 5) is 17.0. The molecule has 2 heterocycles. The lowest BCUT2D eigenvalue weighted by molar-refractivity contribution is -0.117. The number of hydrogen-bond acceptors (Lipinski definition) is 4. The Hall–Kier alpha value is -4.78. The number of hydrogen-bond donors (Lipinski definition) is 1. The van der Waals surface area contributed by atoms with Crippen molar-refractivity contribution >= 4 is 12.0 Å². The highest BCUT2D eigenvalue weighted by molar-refractivity contribution is 5.93. The van der Waals surface area contributed by atoms with Crippen molar-refractivity contribution in [3.05, 3.63) is 133 Å². The van der Waals surface area contributed by atoms with E-state index < -0.39 is 0 Å². The van der Waals surface area contributed by atoms with Crippen molar-refractivity contribution in [2.75, 3.05) is 0 Å². The summed E-state index contributed by atoms with van der Waals surface area (Å²) in [5.41, 5.74) is 4.86. The van der Waals surface area contributed by atoms with E-state index in [4.69, 9.17) is 5.10 Å². The molecule has 0 radical (unpaired) electrons. The van der Waals surface area contributed by atoms with Gasteiger partial charge in [0.05, 0.1) is 24.8 Å². The second-order valence-electron chi connectivity index (χ2n) is 8.40. The van der Waals surface area contributed by atoms with Gasteiger partial charge in [0.25, 0.3) is 0 Å².